The zero-order valence-corrected chi connectivity index (χ0v) is 12.6. The minimum atomic E-state index is -0.184. The smallest absolute Gasteiger partial charge is 0.297 e. The van der Waals surface area contributed by atoms with Gasteiger partial charge < -0.3 is 5.32 Å². The van der Waals surface area contributed by atoms with E-state index in [0.29, 0.717) is 17.4 Å². The number of nitrogens with zero attached hydrogens (tertiary/aromatic N) is 2. The molecule has 0 aliphatic heterocycles. The molecule has 3 aromatic rings. The lowest BCUT2D eigenvalue weighted by molar-refractivity contribution is 0.947. The van der Waals surface area contributed by atoms with E-state index in [2.05, 4.69) is 10.3 Å². The Morgan fingerprint density at radius 3 is 2.76 bits per heavy atom. The zero-order valence-electron chi connectivity index (χ0n) is 11.0. The van der Waals surface area contributed by atoms with Crippen LogP contribution in [0.2, 0.25) is 5.02 Å². The van der Waals surface area contributed by atoms with E-state index in [1.807, 2.05) is 17.5 Å². The molecule has 0 aliphatic carbocycles. The van der Waals surface area contributed by atoms with Gasteiger partial charge in [-0.25, -0.2) is 4.98 Å². The molecular formula is C15H12ClN3OS. The summed E-state index contributed by atoms with van der Waals surface area (Å²) < 4.78 is 1.54. The highest BCUT2D eigenvalue weighted by atomic mass is 35.5. The Balaban J connectivity index is 1.88. The summed E-state index contributed by atoms with van der Waals surface area (Å²) in [6, 6.07) is 11.1. The standard InChI is InChI=1S/C15H12ClN3OS/c16-11-3-5-12(6-4-11)19-8-7-17-14(15(19)20)18-10-13-2-1-9-21-13/h1-9H,10H2,(H,17,18). The van der Waals surface area contributed by atoms with Crippen molar-refractivity contribution in [3.05, 3.63) is 74.4 Å². The Morgan fingerprint density at radius 2 is 2.05 bits per heavy atom. The summed E-state index contributed by atoms with van der Waals surface area (Å²) in [5, 5.41) is 5.71. The molecule has 6 heteroatoms. The SMILES string of the molecule is O=c1c(NCc2cccs2)nccn1-c1ccc(Cl)cc1. The number of anilines is 1. The highest BCUT2D eigenvalue weighted by molar-refractivity contribution is 7.09. The first-order valence-corrected chi connectivity index (χ1v) is 7.59. The van der Waals surface area contributed by atoms with Gasteiger partial charge in [0.25, 0.3) is 5.56 Å². The van der Waals surface area contributed by atoms with E-state index in [0.717, 1.165) is 10.6 Å². The Hall–Kier alpha value is -2.11. The van der Waals surface area contributed by atoms with E-state index in [1.165, 1.54) is 0 Å². The molecule has 0 atom stereocenters. The fourth-order valence-corrected chi connectivity index (χ4v) is 2.69. The van der Waals surface area contributed by atoms with Crippen LogP contribution in [0.4, 0.5) is 5.82 Å². The molecule has 0 fully saturated rings. The van der Waals surface area contributed by atoms with Crippen molar-refractivity contribution in [2.75, 3.05) is 5.32 Å². The van der Waals surface area contributed by atoms with Crippen molar-refractivity contribution < 1.29 is 0 Å². The van der Waals surface area contributed by atoms with Crippen LogP contribution in [0.5, 0.6) is 0 Å². The summed E-state index contributed by atoms with van der Waals surface area (Å²) >= 11 is 7.50. The van der Waals surface area contributed by atoms with Gasteiger partial charge >= 0.3 is 0 Å². The van der Waals surface area contributed by atoms with Crippen LogP contribution in [-0.2, 0) is 6.54 Å². The molecule has 3 rings (SSSR count). The van der Waals surface area contributed by atoms with Gasteiger partial charge in [-0.15, -0.1) is 11.3 Å². The van der Waals surface area contributed by atoms with Crippen LogP contribution < -0.4 is 10.9 Å². The van der Waals surface area contributed by atoms with Crippen molar-refractivity contribution in [2.45, 2.75) is 6.54 Å². The minimum absolute atomic E-state index is 0.184. The lowest BCUT2D eigenvalue weighted by Gasteiger charge is -2.08. The summed E-state index contributed by atoms with van der Waals surface area (Å²) in [6.45, 7) is 0.588. The third-order valence-electron chi connectivity index (χ3n) is 2.96. The average molecular weight is 318 g/mol. The van der Waals surface area contributed by atoms with Crippen molar-refractivity contribution in [2.24, 2.45) is 0 Å². The Bertz CT molecular complexity index is 781. The lowest BCUT2D eigenvalue weighted by Crippen LogP contribution is -2.22. The Labute approximate surface area is 130 Å². The first kappa shape index (κ1) is 13.9. The quantitative estimate of drug-likeness (QED) is 0.800. The van der Waals surface area contributed by atoms with Crippen LogP contribution in [0.3, 0.4) is 0 Å². The molecule has 0 saturated heterocycles. The van der Waals surface area contributed by atoms with Crippen LogP contribution in [0, 0.1) is 0 Å². The normalized spacial score (nSPS) is 10.5. The molecule has 106 valence electrons. The van der Waals surface area contributed by atoms with E-state index in [-0.39, 0.29) is 5.56 Å². The summed E-state index contributed by atoms with van der Waals surface area (Å²) in [7, 11) is 0. The van der Waals surface area contributed by atoms with Gasteiger partial charge in [-0.05, 0) is 35.7 Å². The fourth-order valence-electron chi connectivity index (χ4n) is 1.92. The molecular weight excluding hydrogens is 306 g/mol. The molecule has 0 saturated carbocycles. The number of hydrogen-bond donors (Lipinski definition) is 1. The number of hydrogen-bond acceptors (Lipinski definition) is 4. The van der Waals surface area contributed by atoms with Crippen molar-refractivity contribution in [1.82, 2.24) is 9.55 Å². The predicted molar refractivity (Wildman–Crippen MR) is 86.5 cm³/mol. The number of benzene rings is 1. The second-order valence-electron chi connectivity index (χ2n) is 4.36. The van der Waals surface area contributed by atoms with Crippen molar-refractivity contribution in [3.8, 4) is 5.69 Å². The monoisotopic (exact) mass is 317 g/mol. The van der Waals surface area contributed by atoms with Gasteiger partial charge in [0.2, 0.25) is 0 Å². The third-order valence-corrected chi connectivity index (χ3v) is 4.08. The molecule has 21 heavy (non-hydrogen) atoms. The van der Waals surface area contributed by atoms with Crippen molar-refractivity contribution in [3.63, 3.8) is 0 Å². The molecule has 2 heterocycles. The molecule has 1 N–H and O–H groups in total. The number of aromatic nitrogens is 2. The van der Waals surface area contributed by atoms with Crippen LogP contribution in [0.25, 0.3) is 5.69 Å². The van der Waals surface area contributed by atoms with Crippen LogP contribution in [-0.4, -0.2) is 9.55 Å². The van der Waals surface area contributed by atoms with Crippen molar-refractivity contribution >= 4 is 28.8 Å². The third kappa shape index (κ3) is 3.15. The summed E-state index contributed by atoms with van der Waals surface area (Å²) in [5.41, 5.74) is 0.572. The lowest BCUT2D eigenvalue weighted by atomic mass is 10.3. The first-order valence-electron chi connectivity index (χ1n) is 6.34. The molecule has 4 nitrogen and oxygen atoms in total. The van der Waals surface area contributed by atoms with Gasteiger partial charge in [0.1, 0.15) is 0 Å². The zero-order chi connectivity index (χ0) is 14.7. The second kappa shape index (κ2) is 6.11. The van der Waals surface area contributed by atoms with E-state index in [1.54, 1.807) is 52.6 Å². The van der Waals surface area contributed by atoms with Crippen molar-refractivity contribution in [1.29, 1.82) is 0 Å². The maximum atomic E-state index is 12.4. The van der Waals surface area contributed by atoms with E-state index in [4.69, 9.17) is 11.6 Å². The van der Waals surface area contributed by atoms with Gasteiger partial charge in [0, 0.05) is 28.0 Å². The maximum absolute atomic E-state index is 12.4. The van der Waals surface area contributed by atoms with E-state index < -0.39 is 0 Å². The van der Waals surface area contributed by atoms with Gasteiger partial charge in [0.05, 0.1) is 6.54 Å². The Morgan fingerprint density at radius 1 is 1.24 bits per heavy atom. The van der Waals surface area contributed by atoms with E-state index in [9.17, 15) is 4.79 Å². The molecule has 0 spiro atoms. The summed E-state index contributed by atoms with van der Waals surface area (Å²) in [5.74, 6) is 0.334. The van der Waals surface area contributed by atoms with Gasteiger partial charge in [0.15, 0.2) is 5.82 Å². The molecule has 0 aliphatic rings. The molecule has 2 aromatic heterocycles. The molecule has 0 unspecified atom stereocenters. The van der Waals surface area contributed by atoms with Gasteiger partial charge in [-0.3, -0.25) is 9.36 Å². The Kier molecular flexibility index (Phi) is 4.03. The largest absolute Gasteiger partial charge is 0.361 e. The predicted octanol–water partition coefficient (Wildman–Crippen LogP) is 3.56. The second-order valence-corrected chi connectivity index (χ2v) is 5.83. The topological polar surface area (TPSA) is 46.9 Å². The van der Waals surface area contributed by atoms with Gasteiger partial charge in [-0.1, -0.05) is 17.7 Å². The van der Waals surface area contributed by atoms with E-state index >= 15 is 0 Å². The van der Waals surface area contributed by atoms with Crippen LogP contribution >= 0.6 is 22.9 Å². The van der Waals surface area contributed by atoms with Gasteiger partial charge in [-0.2, -0.15) is 0 Å². The highest BCUT2D eigenvalue weighted by Crippen LogP contribution is 2.13. The number of rotatable bonds is 4. The molecule has 0 radical (unpaired) electrons. The number of thiophene rings is 1. The summed E-state index contributed by atoms with van der Waals surface area (Å²) in [6.07, 6.45) is 3.24. The average Bonchev–Trinajstić information content (AvgIpc) is 3.01. The maximum Gasteiger partial charge on any atom is 0.297 e. The molecule has 0 amide bonds. The number of nitrogens with one attached hydrogen (secondary N) is 1. The summed E-state index contributed by atoms with van der Waals surface area (Å²) in [4.78, 5) is 17.7. The number of halogens is 1. The minimum Gasteiger partial charge on any atom is -0.361 e. The fraction of sp³-hybridized carbons (Fsp3) is 0.0667. The van der Waals surface area contributed by atoms with Crippen LogP contribution in [0.15, 0.2) is 59.0 Å². The molecule has 0 bridgehead atoms. The highest BCUT2D eigenvalue weighted by Gasteiger charge is 2.06. The van der Waals surface area contributed by atoms with Crippen LogP contribution in [0.1, 0.15) is 4.88 Å². The first-order chi connectivity index (χ1) is 10.2. The molecule has 1 aromatic carbocycles.